The molecule has 0 aliphatic carbocycles. The van der Waals surface area contributed by atoms with Gasteiger partial charge in [0, 0.05) is 13.1 Å². The summed E-state index contributed by atoms with van der Waals surface area (Å²) in [5, 5.41) is 11.2. The van der Waals surface area contributed by atoms with Gasteiger partial charge in [0.15, 0.2) is 0 Å². The number of aromatic nitrogens is 2. The predicted octanol–water partition coefficient (Wildman–Crippen LogP) is 2.13. The van der Waals surface area contributed by atoms with Crippen LogP contribution in [0.15, 0.2) is 39.9 Å². The van der Waals surface area contributed by atoms with Gasteiger partial charge in [0.05, 0.1) is 10.9 Å². The van der Waals surface area contributed by atoms with Gasteiger partial charge in [-0.25, -0.2) is 13.0 Å². The van der Waals surface area contributed by atoms with Gasteiger partial charge in [-0.1, -0.05) is 28.5 Å². The molecule has 7 nitrogen and oxygen atoms in total. The summed E-state index contributed by atoms with van der Waals surface area (Å²) < 4.78 is 31.6. The Morgan fingerprint density at radius 2 is 1.92 bits per heavy atom. The van der Waals surface area contributed by atoms with Crippen molar-refractivity contribution in [3.05, 3.63) is 41.7 Å². The first-order chi connectivity index (χ1) is 12.0. The zero-order valence-electron chi connectivity index (χ0n) is 14.6. The molecule has 1 fully saturated rings. The highest BCUT2D eigenvalue weighted by atomic mass is 32.2. The van der Waals surface area contributed by atoms with E-state index < -0.39 is 10.0 Å². The minimum atomic E-state index is -3.38. The maximum atomic E-state index is 12.6. The molecule has 8 heteroatoms. The molecule has 25 heavy (non-hydrogen) atoms. The second kappa shape index (κ2) is 7.63. The summed E-state index contributed by atoms with van der Waals surface area (Å²) in [6.45, 7) is 5.84. The number of nitrogens with one attached hydrogen (secondary N) is 1. The third kappa shape index (κ3) is 4.08. The maximum absolute atomic E-state index is 12.6. The van der Waals surface area contributed by atoms with Crippen LogP contribution in [0.4, 0.5) is 0 Å². The molecule has 2 heterocycles. The predicted molar refractivity (Wildman–Crippen MR) is 93.4 cm³/mol. The number of rotatable bonds is 6. The van der Waals surface area contributed by atoms with Crippen molar-refractivity contribution < 1.29 is 13.0 Å². The minimum absolute atomic E-state index is 0.0670. The fourth-order valence-corrected chi connectivity index (χ4v) is 4.66. The smallest absolute Gasteiger partial charge is 0.243 e. The van der Waals surface area contributed by atoms with Gasteiger partial charge in [0.1, 0.15) is 11.4 Å². The van der Waals surface area contributed by atoms with Crippen LogP contribution < -0.4 is 5.32 Å². The molecule has 0 saturated carbocycles. The molecule has 0 radical (unpaired) electrons. The normalized spacial score (nSPS) is 18.3. The lowest BCUT2D eigenvalue weighted by atomic mass is 9.97. The van der Waals surface area contributed by atoms with E-state index in [1.807, 2.05) is 19.9 Å². The third-order valence-corrected chi connectivity index (χ3v) is 6.68. The van der Waals surface area contributed by atoms with Gasteiger partial charge >= 0.3 is 0 Å². The summed E-state index contributed by atoms with van der Waals surface area (Å²) in [5.74, 6) is 0.449. The van der Waals surface area contributed by atoms with Gasteiger partial charge in [-0.05, 0) is 51.3 Å². The lowest BCUT2D eigenvalue weighted by Gasteiger charge is -2.31. The van der Waals surface area contributed by atoms with E-state index in [1.54, 1.807) is 28.6 Å². The fourth-order valence-electron chi connectivity index (χ4n) is 3.17. The quantitative estimate of drug-likeness (QED) is 0.845. The van der Waals surface area contributed by atoms with Crippen molar-refractivity contribution in [2.45, 2.75) is 37.6 Å². The van der Waals surface area contributed by atoms with E-state index in [-0.39, 0.29) is 6.04 Å². The van der Waals surface area contributed by atoms with Crippen LogP contribution in [0.5, 0.6) is 0 Å². The summed E-state index contributed by atoms with van der Waals surface area (Å²) in [7, 11) is -3.38. The highest BCUT2D eigenvalue weighted by Crippen LogP contribution is 2.24. The minimum Gasteiger partial charge on any atom is -0.308 e. The summed E-state index contributed by atoms with van der Waals surface area (Å²) >= 11 is 0. The Kier molecular flexibility index (Phi) is 5.51. The second-order valence-electron chi connectivity index (χ2n) is 6.53. The van der Waals surface area contributed by atoms with Crippen LogP contribution in [-0.4, -0.2) is 42.7 Å². The van der Waals surface area contributed by atoms with E-state index in [0.29, 0.717) is 23.9 Å². The van der Waals surface area contributed by atoms with Crippen LogP contribution >= 0.6 is 0 Å². The van der Waals surface area contributed by atoms with Gasteiger partial charge in [0.25, 0.3) is 0 Å². The SMILES string of the molecule is Cc1nonc1C(C)NCC1CCN(S(=O)(=O)c2ccccc2)CC1. The van der Waals surface area contributed by atoms with E-state index in [4.69, 9.17) is 4.63 Å². The van der Waals surface area contributed by atoms with Gasteiger partial charge in [-0.3, -0.25) is 0 Å². The number of piperidine rings is 1. The van der Waals surface area contributed by atoms with Crippen LogP contribution in [0.1, 0.15) is 37.2 Å². The number of benzene rings is 1. The van der Waals surface area contributed by atoms with Crippen LogP contribution in [0.25, 0.3) is 0 Å². The van der Waals surface area contributed by atoms with E-state index in [1.165, 1.54) is 0 Å². The average Bonchev–Trinajstić information content (AvgIpc) is 3.07. The lowest BCUT2D eigenvalue weighted by molar-refractivity contribution is 0.260. The molecule has 1 aliphatic heterocycles. The second-order valence-corrected chi connectivity index (χ2v) is 8.46. The van der Waals surface area contributed by atoms with Gasteiger partial charge < -0.3 is 5.32 Å². The molecule has 3 rings (SSSR count). The monoisotopic (exact) mass is 364 g/mol. The van der Waals surface area contributed by atoms with Crippen molar-refractivity contribution >= 4 is 10.0 Å². The molecule has 136 valence electrons. The zero-order valence-corrected chi connectivity index (χ0v) is 15.4. The largest absolute Gasteiger partial charge is 0.308 e. The highest BCUT2D eigenvalue weighted by Gasteiger charge is 2.29. The van der Waals surface area contributed by atoms with Crippen molar-refractivity contribution in [3.8, 4) is 0 Å². The molecular formula is C17H24N4O3S. The first kappa shape index (κ1) is 18.0. The molecule has 1 unspecified atom stereocenters. The third-order valence-electron chi connectivity index (χ3n) is 4.76. The number of aryl methyl sites for hydroxylation is 1. The number of hydrogen-bond acceptors (Lipinski definition) is 6. The number of nitrogens with zero attached hydrogens (tertiary/aromatic N) is 3. The first-order valence-corrected chi connectivity index (χ1v) is 10.00. The van der Waals surface area contributed by atoms with Crippen molar-refractivity contribution in [2.75, 3.05) is 19.6 Å². The van der Waals surface area contributed by atoms with Crippen molar-refractivity contribution in [1.29, 1.82) is 0 Å². The molecule has 1 atom stereocenters. The van der Waals surface area contributed by atoms with Crippen LogP contribution in [0, 0.1) is 12.8 Å². The van der Waals surface area contributed by atoms with Gasteiger partial charge in [-0.2, -0.15) is 4.31 Å². The van der Waals surface area contributed by atoms with Crippen molar-refractivity contribution in [3.63, 3.8) is 0 Å². The molecule has 0 spiro atoms. The van der Waals surface area contributed by atoms with Gasteiger partial charge in [-0.15, -0.1) is 0 Å². The summed E-state index contributed by atoms with van der Waals surface area (Å²) in [4.78, 5) is 0.370. The molecule has 2 aromatic rings. The van der Waals surface area contributed by atoms with E-state index in [0.717, 1.165) is 30.8 Å². The lowest BCUT2D eigenvalue weighted by Crippen LogP contribution is -2.41. The molecule has 1 aromatic heterocycles. The molecule has 1 aromatic carbocycles. The maximum Gasteiger partial charge on any atom is 0.243 e. The Morgan fingerprint density at radius 1 is 1.24 bits per heavy atom. The Bertz CT molecular complexity index is 783. The van der Waals surface area contributed by atoms with E-state index >= 15 is 0 Å². The van der Waals surface area contributed by atoms with Crippen LogP contribution in [-0.2, 0) is 10.0 Å². The molecule has 1 aliphatic rings. The Morgan fingerprint density at radius 3 is 2.52 bits per heavy atom. The summed E-state index contributed by atoms with van der Waals surface area (Å²) in [6.07, 6.45) is 1.70. The Hall–Kier alpha value is -1.77. The standard InChI is InChI=1S/C17H24N4O3S/c1-13(17-14(2)19-24-20-17)18-12-15-8-10-21(11-9-15)25(22,23)16-6-4-3-5-7-16/h3-7,13,15,18H,8-12H2,1-2H3. The Balaban J connectivity index is 1.51. The molecule has 0 amide bonds. The van der Waals surface area contributed by atoms with Crippen molar-refractivity contribution in [2.24, 2.45) is 5.92 Å². The topological polar surface area (TPSA) is 88.3 Å². The highest BCUT2D eigenvalue weighted by molar-refractivity contribution is 7.89. The Labute approximate surface area is 148 Å². The van der Waals surface area contributed by atoms with Gasteiger partial charge in [0.2, 0.25) is 10.0 Å². The number of hydrogen-bond donors (Lipinski definition) is 1. The van der Waals surface area contributed by atoms with Crippen LogP contribution in [0.3, 0.4) is 0 Å². The first-order valence-electron chi connectivity index (χ1n) is 8.56. The van der Waals surface area contributed by atoms with Crippen molar-refractivity contribution in [1.82, 2.24) is 19.9 Å². The summed E-state index contributed by atoms with van der Waals surface area (Å²) in [6, 6.07) is 8.71. The van der Waals surface area contributed by atoms with E-state index in [9.17, 15) is 8.42 Å². The number of sulfonamides is 1. The zero-order chi connectivity index (χ0) is 17.9. The molecular weight excluding hydrogens is 340 g/mol. The summed E-state index contributed by atoms with van der Waals surface area (Å²) in [5.41, 5.74) is 1.62. The average molecular weight is 364 g/mol. The molecule has 1 N–H and O–H groups in total. The molecule has 1 saturated heterocycles. The molecule has 0 bridgehead atoms. The van der Waals surface area contributed by atoms with E-state index in [2.05, 4.69) is 15.6 Å². The fraction of sp³-hybridized carbons (Fsp3) is 0.529. The van der Waals surface area contributed by atoms with Crippen LogP contribution in [0.2, 0.25) is 0 Å².